The van der Waals surface area contributed by atoms with Crippen molar-refractivity contribution in [3.63, 3.8) is 0 Å². The van der Waals surface area contributed by atoms with Crippen molar-refractivity contribution in [1.82, 2.24) is 10.6 Å². The quantitative estimate of drug-likeness (QED) is 0.439. The summed E-state index contributed by atoms with van der Waals surface area (Å²) in [5, 5.41) is 7.14. The topological polar surface area (TPSA) is 24.1 Å². The van der Waals surface area contributed by atoms with Gasteiger partial charge < -0.3 is 10.6 Å². The molecule has 1 heterocycles. The Morgan fingerprint density at radius 3 is 1.71 bits per heavy atom. The minimum atomic E-state index is 0.791. The Morgan fingerprint density at radius 2 is 1.19 bits per heavy atom. The van der Waals surface area contributed by atoms with Crippen LogP contribution in [0.4, 0.5) is 0 Å². The van der Waals surface area contributed by atoms with E-state index < -0.39 is 0 Å². The van der Waals surface area contributed by atoms with Crippen molar-refractivity contribution >= 4 is 0 Å². The van der Waals surface area contributed by atoms with Gasteiger partial charge in [-0.3, -0.25) is 0 Å². The first-order chi connectivity index (χ1) is 10.4. The molecule has 0 spiro atoms. The van der Waals surface area contributed by atoms with E-state index in [1.807, 2.05) is 0 Å². The lowest BCUT2D eigenvalue weighted by atomic mass is 10.0. The standard InChI is InChI=1S/C19H40N2/c1-2-3-4-5-6-7-8-9-10-11-12-13-16-21-19-14-17-20-18-15-19/h19-21H,2-18H2,1H3. The summed E-state index contributed by atoms with van der Waals surface area (Å²) in [6.07, 6.45) is 20.0. The van der Waals surface area contributed by atoms with Crippen molar-refractivity contribution in [3.8, 4) is 0 Å². The van der Waals surface area contributed by atoms with E-state index in [2.05, 4.69) is 17.6 Å². The highest BCUT2D eigenvalue weighted by Crippen LogP contribution is 2.11. The maximum Gasteiger partial charge on any atom is 0.00912 e. The van der Waals surface area contributed by atoms with Crippen LogP contribution in [0.1, 0.15) is 96.8 Å². The van der Waals surface area contributed by atoms with Crippen molar-refractivity contribution in [2.24, 2.45) is 0 Å². The predicted octanol–water partition coefficient (Wildman–Crippen LogP) is 5.03. The van der Waals surface area contributed by atoms with Crippen LogP contribution in [0.2, 0.25) is 0 Å². The van der Waals surface area contributed by atoms with E-state index in [0.29, 0.717) is 0 Å². The number of rotatable bonds is 14. The van der Waals surface area contributed by atoms with Crippen molar-refractivity contribution in [3.05, 3.63) is 0 Å². The average molecular weight is 297 g/mol. The summed E-state index contributed by atoms with van der Waals surface area (Å²) in [6, 6.07) is 0.791. The molecule has 21 heavy (non-hydrogen) atoms. The molecule has 0 aromatic carbocycles. The molecule has 1 rings (SSSR count). The zero-order valence-corrected chi connectivity index (χ0v) is 14.6. The SMILES string of the molecule is CCCCCCCCCCCCCCNC1CCNCC1. The van der Waals surface area contributed by atoms with Gasteiger partial charge in [0.2, 0.25) is 0 Å². The largest absolute Gasteiger partial charge is 0.317 e. The lowest BCUT2D eigenvalue weighted by molar-refractivity contribution is 0.383. The molecule has 1 saturated heterocycles. The summed E-state index contributed by atoms with van der Waals surface area (Å²) in [6.45, 7) is 5.94. The first-order valence-electron chi connectivity index (χ1n) is 9.87. The summed E-state index contributed by atoms with van der Waals surface area (Å²) in [4.78, 5) is 0. The van der Waals surface area contributed by atoms with Crippen molar-refractivity contribution in [2.45, 2.75) is 103 Å². The van der Waals surface area contributed by atoms with Crippen molar-refractivity contribution in [1.29, 1.82) is 0 Å². The van der Waals surface area contributed by atoms with Crippen LogP contribution in [0.5, 0.6) is 0 Å². The Labute approximate surface area is 133 Å². The van der Waals surface area contributed by atoms with Gasteiger partial charge in [-0.2, -0.15) is 0 Å². The smallest absolute Gasteiger partial charge is 0.00912 e. The summed E-state index contributed by atoms with van der Waals surface area (Å²) >= 11 is 0. The molecule has 0 saturated carbocycles. The monoisotopic (exact) mass is 296 g/mol. The molecule has 0 bridgehead atoms. The summed E-state index contributed by atoms with van der Waals surface area (Å²) in [7, 11) is 0. The molecule has 0 aliphatic carbocycles. The minimum absolute atomic E-state index is 0.791. The molecule has 0 radical (unpaired) electrons. The van der Waals surface area contributed by atoms with Crippen LogP contribution in [0.25, 0.3) is 0 Å². The Bertz CT molecular complexity index is 200. The zero-order valence-electron chi connectivity index (χ0n) is 14.6. The molecule has 0 unspecified atom stereocenters. The Kier molecular flexibility index (Phi) is 13.4. The fourth-order valence-electron chi connectivity index (χ4n) is 3.30. The van der Waals surface area contributed by atoms with Crippen molar-refractivity contribution in [2.75, 3.05) is 19.6 Å². The molecule has 0 atom stereocenters. The van der Waals surface area contributed by atoms with Crippen LogP contribution in [0.3, 0.4) is 0 Å². The Morgan fingerprint density at radius 1 is 0.714 bits per heavy atom. The number of piperidine rings is 1. The first-order valence-corrected chi connectivity index (χ1v) is 9.87. The van der Waals surface area contributed by atoms with Gasteiger partial charge in [0.15, 0.2) is 0 Å². The van der Waals surface area contributed by atoms with E-state index in [9.17, 15) is 0 Å². The zero-order chi connectivity index (χ0) is 15.0. The van der Waals surface area contributed by atoms with Crippen LogP contribution in [-0.2, 0) is 0 Å². The van der Waals surface area contributed by atoms with Gasteiger partial charge in [-0.1, -0.05) is 77.6 Å². The number of hydrogen-bond acceptors (Lipinski definition) is 2. The van der Waals surface area contributed by atoms with E-state index in [1.165, 1.54) is 110 Å². The number of nitrogens with one attached hydrogen (secondary N) is 2. The van der Waals surface area contributed by atoms with Gasteiger partial charge in [0.1, 0.15) is 0 Å². The molecule has 126 valence electrons. The highest BCUT2D eigenvalue weighted by Gasteiger charge is 2.10. The number of hydrogen-bond donors (Lipinski definition) is 2. The van der Waals surface area contributed by atoms with Crippen molar-refractivity contribution < 1.29 is 0 Å². The third-order valence-electron chi connectivity index (χ3n) is 4.80. The highest BCUT2D eigenvalue weighted by atomic mass is 15.0. The van der Waals surface area contributed by atoms with Crippen LogP contribution >= 0.6 is 0 Å². The van der Waals surface area contributed by atoms with Crippen LogP contribution < -0.4 is 10.6 Å². The van der Waals surface area contributed by atoms with Gasteiger partial charge in [0.05, 0.1) is 0 Å². The van der Waals surface area contributed by atoms with Crippen LogP contribution in [-0.4, -0.2) is 25.7 Å². The summed E-state index contributed by atoms with van der Waals surface area (Å²) < 4.78 is 0. The van der Waals surface area contributed by atoms with E-state index in [0.717, 1.165) is 6.04 Å². The van der Waals surface area contributed by atoms with Gasteiger partial charge in [0.25, 0.3) is 0 Å². The molecular weight excluding hydrogens is 256 g/mol. The van der Waals surface area contributed by atoms with E-state index >= 15 is 0 Å². The average Bonchev–Trinajstić information content (AvgIpc) is 2.53. The van der Waals surface area contributed by atoms with Gasteiger partial charge >= 0.3 is 0 Å². The second-order valence-electron chi connectivity index (χ2n) is 6.87. The molecule has 2 heteroatoms. The second kappa shape index (κ2) is 14.8. The van der Waals surface area contributed by atoms with Crippen LogP contribution in [0.15, 0.2) is 0 Å². The molecule has 0 amide bonds. The molecule has 2 N–H and O–H groups in total. The molecule has 0 aromatic rings. The summed E-state index contributed by atoms with van der Waals surface area (Å²) in [5.74, 6) is 0. The van der Waals surface area contributed by atoms with E-state index in [4.69, 9.17) is 0 Å². The van der Waals surface area contributed by atoms with Crippen LogP contribution in [0, 0.1) is 0 Å². The highest BCUT2D eigenvalue weighted by molar-refractivity contribution is 4.73. The van der Waals surface area contributed by atoms with Gasteiger partial charge in [-0.05, 0) is 38.9 Å². The Hall–Kier alpha value is -0.0800. The van der Waals surface area contributed by atoms with Gasteiger partial charge in [-0.15, -0.1) is 0 Å². The molecule has 2 nitrogen and oxygen atoms in total. The lowest BCUT2D eigenvalue weighted by Gasteiger charge is -2.23. The fourth-order valence-corrected chi connectivity index (χ4v) is 3.30. The molecular formula is C19H40N2. The predicted molar refractivity (Wildman–Crippen MR) is 95.0 cm³/mol. The minimum Gasteiger partial charge on any atom is -0.317 e. The second-order valence-corrected chi connectivity index (χ2v) is 6.87. The van der Waals surface area contributed by atoms with E-state index in [1.54, 1.807) is 0 Å². The van der Waals surface area contributed by atoms with Gasteiger partial charge in [0, 0.05) is 6.04 Å². The maximum atomic E-state index is 3.72. The molecule has 0 aromatic heterocycles. The molecule has 1 aliphatic heterocycles. The molecule has 1 aliphatic rings. The van der Waals surface area contributed by atoms with E-state index in [-0.39, 0.29) is 0 Å². The first kappa shape index (κ1) is 19.0. The number of unbranched alkanes of at least 4 members (excludes halogenated alkanes) is 11. The van der Waals surface area contributed by atoms with Gasteiger partial charge in [-0.25, -0.2) is 0 Å². The maximum absolute atomic E-state index is 3.72. The fraction of sp³-hybridized carbons (Fsp3) is 1.00. The molecule has 1 fully saturated rings. The normalized spacial score (nSPS) is 16.4. The third-order valence-corrected chi connectivity index (χ3v) is 4.80. The summed E-state index contributed by atoms with van der Waals surface area (Å²) in [5.41, 5.74) is 0. The third kappa shape index (κ3) is 12.2. The Balaban J connectivity index is 1.69. The lowest BCUT2D eigenvalue weighted by Crippen LogP contribution is -2.40.